The summed E-state index contributed by atoms with van der Waals surface area (Å²) >= 11 is 0. The number of amides is 3. The van der Waals surface area contributed by atoms with E-state index in [4.69, 9.17) is 9.63 Å². The van der Waals surface area contributed by atoms with Crippen molar-refractivity contribution in [2.24, 2.45) is 5.92 Å². The fourth-order valence-corrected chi connectivity index (χ4v) is 7.02. The van der Waals surface area contributed by atoms with Gasteiger partial charge in [0.1, 0.15) is 5.82 Å². The Balaban J connectivity index is 1.50. The number of ether oxygens (including phenoxy) is 1. The molecule has 2 aliphatic rings. The topological polar surface area (TPSA) is 125 Å². The minimum absolute atomic E-state index is 0.00410. The number of aryl methyl sites for hydroxylation is 2. The Morgan fingerprint density at radius 3 is 2.32 bits per heavy atom. The smallest absolute Gasteiger partial charge is 0.416 e. The molecule has 1 aliphatic heterocycles. The van der Waals surface area contributed by atoms with Gasteiger partial charge in [-0.05, 0) is 86.6 Å². The van der Waals surface area contributed by atoms with Gasteiger partial charge in [0.15, 0.2) is 0 Å². The van der Waals surface area contributed by atoms with Crippen molar-refractivity contribution in [3.8, 4) is 0 Å². The van der Waals surface area contributed by atoms with E-state index in [9.17, 15) is 32.1 Å². The molecule has 0 aromatic heterocycles. The van der Waals surface area contributed by atoms with Crippen LogP contribution in [0.5, 0.6) is 0 Å². The van der Waals surface area contributed by atoms with Crippen molar-refractivity contribution in [2.45, 2.75) is 70.6 Å². The molecular formula is C35H38F4N3O7P. The molecule has 1 aliphatic carbocycles. The van der Waals surface area contributed by atoms with Crippen LogP contribution in [0, 0.1) is 25.6 Å². The fourth-order valence-electron chi connectivity index (χ4n) is 6.86. The van der Waals surface area contributed by atoms with Gasteiger partial charge in [-0.1, -0.05) is 43.2 Å². The highest BCUT2D eigenvalue weighted by Gasteiger charge is 2.41. The maximum Gasteiger partial charge on any atom is 0.416 e. The molecule has 1 saturated heterocycles. The number of likely N-dealkylation sites (tertiary alicyclic amines) is 1. The zero-order valence-corrected chi connectivity index (χ0v) is 28.5. The minimum atomic E-state index is -4.63. The van der Waals surface area contributed by atoms with E-state index in [0.717, 1.165) is 18.9 Å². The second-order valence-electron chi connectivity index (χ2n) is 12.5. The lowest BCUT2D eigenvalue weighted by atomic mass is 9.83. The molecule has 5 rings (SSSR count). The molecule has 1 heterocycles. The lowest BCUT2D eigenvalue weighted by Gasteiger charge is -2.41. The highest BCUT2D eigenvalue weighted by molar-refractivity contribution is 7.32. The van der Waals surface area contributed by atoms with E-state index in [2.05, 4.69) is 9.84 Å². The highest BCUT2D eigenvalue weighted by atomic mass is 31.1. The SMILES string of the molecule is Cc1ccc(NC(=O)[C@H]2CCCN(C(=O)c3c(C)cccc3F)[C@H]2c2ccc(N(C(=O)OCO[PH](=O)O)C3CCCC3)cc2)cc1C(F)(F)F. The summed E-state index contributed by atoms with van der Waals surface area (Å²) in [5, 5.41) is 2.61. The van der Waals surface area contributed by atoms with Crippen LogP contribution in [-0.2, 0) is 24.8 Å². The van der Waals surface area contributed by atoms with Crippen molar-refractivity contribution >= 4 is 37.5 Å². The summed E-state index contributed by atoms with van der Waals surface area (Å²) in [6.07, 6.45) is -1.62. The normalized spacial score (nSPS) is 18.8. The van der Waals surface area contributed by atoms with Crippen LogP contribution in [0.1, 0.15) is 77.2 Å². The number of carbonyl (C=O) groups excluding carboxylic acids is 3. The lowest BCUT2D eigenvalue weighted by Crippen LogP contribution is -2.47. The van der Waals surface area contributed by atoms with Crippen LogP contribution in [0.25, 0.3) is 0 Å². The molecule has 3 atom stereocenters. The molecule has 2 N–H and O–H groups in total. The number of piperidine rings is 1. The maximum atomic E-state index is 15.1. The minimum Gasteiger partial charge on any atom is -0.421 e. The molecule has 15 heteroatoms. The standard InChI is InChI=1S/C35H38F4N3O7P/c1-21-12-15-24(19-28(21)35(37,38)39)40-32(43)27-10-6-18-41(33(44)30-22(2)7-5-11-29(30)36)31(27)23-13-16-26(17-14-23)42(25-8-3-4-9-25)34(45)48-20-49-50(46)47/h5,7,11-17,19,25,27,31,50H,3-4,6,8-10,18,20H2,1-2H3,(H,40,43)(H,46,47)/t27-,31-/m0/s1. The molecule has 50 heavy (non-hydrogen) atoms. The number of hydrogen-bond acceptors (Lipinski definition) is 6. The van der Waals surface area contributed by atoms with Crippen LogP contribution in [0.2, 0.25) is 0 Å². The van der Waals surface area contributed by atoms with Gasteiger partial charge >= 0.3 is 20.5 Å². The van der Waals surface area contributed by atoms with Crippen molar-refractivity contribution < 1.29 is 50.7 Å². The first-order valence-electron chi connectivity index (χ1n) is 16.2. The Kier molecular flexibility index (Phi) is 11.7. The van der Waals surface area contributed by atoms with Gasteiger partial charge in [-0.25, -0.2) is 9.18 Å². The summed E-state index contributed by atoms with van der Waals surface area (Å²) in [5.74, 6) is -2.91. The summed E-state index contributed by atoms with van der Waals surface area (Å²) < 4.78 is 76.6. The van der Waals surface area contributed by atoms with Gasteiger partial charge in [0.25, 0.3) is 5.91 Å². The van der Waals surface area contributed by atoms with Gasteiger partial charge in [-0.3, -0.25) is 23.6 Å². The summed E-state index contributed by atoms with van der Waals surface area (Å²) in [7, 11) is -3.32. The van der Waals surface area contributed by atoms with Crippen molar-refractivity contribution in [1.29, 1.82) is 0 Å². The summed E-state index contributed by atoms with van der Waals surface area (Å²) in [6.45, 7) is 2.39. The zero-order chi connectivity index (χ0) is 36.2. The Bertz CT molecular complexity index is 1730. The molecule has 3 amide bonds. The predicted molar refractivity (Wildman–Crippen MR) is 177 cm³/mol. The first kappa shape index (κ1) is 37.0. The largest absolute Gasteiger partial charge is 0.421 e. The van der Waals surface area contributed by atoms with Crippen molar-refractivity contribution in [3.63, 3.8) is 0 Å². The van der Waals surface area contributed by atoms with Crippen molar-refractivity contribution in [1.82, 2.24) is 4.90 Å². The van der Waals surface area contributed by atoms with E-state index < -0.39 is 62.5 Å². The van der Waals surface area contributed by atoms with E-state index in [1.807, 2.05) is 0 Å². The molecule has 268 valence electrons. The molecule has 3 aromatic rings. The number of benzene rings is 3. The molecule has 0 spiro atoms. The molecule has 1 unspecified atom stereocenters. The van der Waals surface area contributed by atoms with E-state index in [1.165, 1.54) is 41.0 Å². The van der Waals surface area contributed by atoms with Crippen LogP contribution >= 0.6 is 8.25 Å². The monoisotopic (exact) mass is 719 g/mol. The van der Waals surface area contributed by atoms with Crippen LogP contribution in [0.3, 0.4) is 0 Å². The lowest BCUT2D eigenvalue weighted by molar-refractivity contribution is -0.138. The van der Waals surface area contributed by atoms with Crippen LogP contribution in [0.15, 0.2) is 60.7 Å². The van der Waals surface area contributed by atoms with E-state index in [1.54, 1.807) is 37.3 Å². The molecule has 1 saturated carbocycles. The van der Waals surface area contributed by atoms with Gasteiger partial charge in [-0.2, -0.15) is 13.2 Å². The molecule has 0 bridgehead atoms. The summed E-state index contributed by atoms with van der Waals surface area (Å²) in [6, 6.07) is 13.2. The van der Waals surface area contributed by atoms with Crippen molar-refractivity contribution in [3.05, 3.63) is 94.3 Å². The molecule has 3 aromatic carbocycles. The molecule has 0 radical (unpaired) electrons. The second kappa shape index (κ2) is 15.7. The predicted octanol–water partition coefficient (Wildman–Crippen LogP) is 7.94. The third kappa shape index (κ3) is 8.36. The Morgan fingerprint density at radius 1 is 0.980 bits per heavy atom. The molecular weight excluding hydrogens is 681 g/mol. The number of hydrogen-bond donors (Lipinski definition) is 2. The molecule has 2 fully saturated rings. The average molecular weight is 720 g/mol. The van der Waals surface area contributed by atoms with Gasteiger partial charge in [0, 0.05) is 24.0 Å². The third-order valence-corrected chi connectivity index (χ3v) is 9.60. The number of halogens is 4. The Morgan fingerprint density at radius 2 is 1.68 bits per heavy atom. The third-order valence-electron chi connectivity index (χ3n) is 9.24. The number of alkyl halides is 3. The zero-order valence-electron chi connectivity index (χ0n) is 27.5. The van der Waals surface area contributed by atoms with Crippen LogP contribution in [-0.4, -0.2) is 47.1 Å². The maximum absolute atomic E-state index is 15.1. The summed E-state index contributed by atoms with van der Waals surface area (Å²) in [5.41, 5.74) is 0.217. The van der Waals surface area contributed by atoms with Gasteiger partial charge in [0.2, 0.25) is 12.7 Å². The van der Waals surface area contributed by atoms with E-state index in [-0.39, 0.29) is 35.8 Å². The average Bonchev–Trinajstić information content (AvgIpc) is 3.59. The van der Waals surface area contributed by atoms with E-state index in [0.29, 0.717) is 36.1 Å². The quantitative estimate of drug-likeness (QED) is 0.131. The highest BCUT2D eigenvalue weighted by Crippen LogP contribution is 2.40. The Hall–Kier alpha value is -4.26. The van der Waals surface area contributed by atoms with Crippen LogP contribution < -0.4 is 10.2 Å². The van der Waals surface area contributed by atoms with E-state index >= 15 is 4.39 Å². The van der Waals surface area contributed by atoms with Gasteiger partial charge < -0.3 is 19.8 Å². The van der Waals surface area contributed by atoms with Gasteiger partial charge in [-0.15, -0.1) is 0 Å². The van der Waals surface area contributed by atoms with Crippen molar-refractivity contribution in [2.75, 3.05) is 23.6 Å². The number of rotatable bonds is 9. The fraction of sp³-hybridized carbons (Fsp3) is 0.400. The number of anilines is 2. The number of nitrogens with one attached hydrogen (secondary N) is 1. The van der Waals surface area contributed by atoms with Crippen LogP contribution in [0.4, 0.5) is 33.7 Å². The first-order chi connectivity index (χ1) is 23.8. The first-order valence-corrected chi connectivity index (χ1v) is 17.5. The summed E-state index contributed by atoms with van der Waals surface area (Å²) in [4.78, 5) is 52.9. The number of carbonyl (C=O) groups is 3. The Labute approximate surface area is 287 Å². The van der Waals surface area contributed by atoms with Gasteiger partial charge in [0.05, 0.1) is 23.1 Å². The second-order valence-corrected chi connectivity index (χ2v) is 13.3. The number of nitrogens with zero attached hydrogens (tertiary/aromatic N) is 2. The molecule has 10 nitrogen and oxygen atoms in total.